The highest BCUT2D eigenvalue weighted by Crippen LogP contribution is 2.20. The first kappa shape index (κ1) is 10.4. The number of carbonyl (C=O) groups is 1. The van der Waals surface area contributed by atoms with Crippen LogP contribution in [-0.4, -0.2) is 11.2 Å². The Balaban J connectivity index is 2.91. The van der Waals surface area contributed by atoms with Crippen molar-refractivity contribution in [2.75, 3.05) is 5.73 Å². The molecule has 0 fully saturated rings. The van der Waals surface area contributed by atoms with E-state index in [4.69, 9.17) is 10.8 Å². The van der Waals surface area contributed by atoms with Gasteiger partial charge in [0.2, 0.25) is 0 Å². The summed E-state index contributed by atoms with van der Waals surface area (Å²) in [5, 5.41) is 11.1. The van der Waals surface area contributed by atoms with Gasteiger partial charge in [0.1, 0.15) is 0 Å². The van der Waals surface area contributed by atoms with Gasteiger partial charge < -0.3 is 16.2 Å². The fourth-order valence-corrected chi connectivity index (χ4v) is 1.24. The Bertz CT molecular complexity index is 330. The molecule has 1 rings (SSSR count). The van der Waals surface area contributed by atoms with Crippen molar-refractivity contribution in [3.8, 4) is 0 Å². The van der Waals surface area contributed by atoms with E-state index in [0.29, 0.717) is 5.69 Å². The number of hydrogen-bond acceptors (Lipinski definition) is 2. The SMILES string of the molecule is CC(C)(NC(=O)O)c1ccc(N)cc1. The minimum atomic E-state index is -1.04. The first-order valence-corrected chi connectivity index (χ1v) is 4.29. The van der Waals surface area contributed by atoms with E-state index < -0.39 is 11.6 Å². The quantitative estimate of drug-likeness (QED) is 0.628. The van der Waals surface area contributed by atoms with Crippen LogP contribution in [0.1, 0.15) is 19.4 Å². The molecule has 1 amide bonds. The number of benzene rings is 1. The predicted octanol–water partition coefficient (Wildman–Crippen LogP) is 1.77. The second-order valence-corrected chi connectivity index (χ2v) is 3.68. The van der Waals surface area contributed by atoms with E-state index in [0.717, 1.165) is 5.56 Å². The highest BCUT2D eigenvalue weighted by Gasteiger charge is 2.21. The zero-order valence-corrected chi connectivity index (χ0v) is 8.24. The highest BCUT2D eigenvalue weighted by atomic mass is 16.4. The Morgan fingerprint density at radius 1 is 1.36 bits per heavy atom. The van der Waals surface area contributed by atoms with E-state index in [1.807, 2.05) is 12.1 Å². The average molecular weight is 194 g/mol. The zero-order chi connectivity index (χ0) is 10.8. The molecule has 0 radical (unpaired) electrons. The second kappa shape index (κ2) is 3.57. The van der Waals surface area contributed by atoms with Crippen LogP contribution in [0.4, 0.5) is 10.5 Å². The lowest BCUT2D eigenvalue weighted by Crippen LogP contribution is -2.39. The number of carboxylic acid groups (broad SMARTS) is 1. The van der Waals surface area contributed by atoms with Gasteiger partial charge in [0, 0.05) is 5.69 Å². The molecule has 1 aromatic carbocycles. The van der Waals surface area contributed by atoms with Crippen molar-refractivity contribution < 1.29 is 9.90 Å². The van der Waals surface area contributed by atoms with E-state index in [2.05, 4.69) is 5.32 Å². The van der Waals surface area contributed by atoms with Crippen molar-refractivity contribution in [3.05, 3.63) is 29.8 Å². The summed E-state index contributed by atoms with van der Waals surface area (Å²) in [5.74, 6) is 0. The molecule has 0 heterocycles. The maximum absolute atomic E-state index is 10.5. The average Bonchev–Trinajstić information content (AvgIpc) is 2.02. The molecule has 0 aliphatic heterocycles. The van der Waals surface area contributed by atoms with Crippen LogP contribution in [-0.2, 0) is 5.54 Å². The minimum Gasteiger partial charge on any atom is -0.465 e. The Kier molecular flexibility index (Phi) is 2.65. The summed E-state index contributed by atoms with van der Waals surface area (Å²) in [6.07, 6.45) is -1.04. The van der Waals surface area contributed by atoms with E-state index in [1.54, 1.807) is 26.0 Å². The van der Waals surface area contributed by atoms with Crippen molar-refractivity contribution in [1.29, 1.82) is 0 Å². The summed E-state index contributed by atoms with van der Waals surface area (Å²) in [6.45, 7) is 3.60. The lowest BCUT2D eigenvalue weighted by atomic mass is 9.94. The molecule has 0 aliphatic carbocycles. The molecule has 0 spiro atoms. The van der Waals surface area contributed by atoms with Gasteiger partial charge in [-0.15, -0.1) is 0 Å². The summed E-state index contributed by atoms with van der Waals surface area (Å²) >= 11 is 0. The fraction of sp³-hybridized carbons (Fsp3) is 0.300. The van der Waals surface area contributed by atoms with E-state index >= 15 is 0 Å². The van der Waals surface area contributed by atoms with Crippen LogP contribution in [0.25, 0.3) is 0 Å². The van der Waals surface area contributed by atoms with Crippen LogP contribution in [0.3, 0.4) is 0 Å². The minimum absolute atomic E-state index is 0.598. The molecular formula is C10H14N2O2. The molecule has 0 saturated carbocycles. The Morgan fingerprint density at radius 3 is 2.29 bits per heavy atom. The maximum atomic E-state index is 10.5. The van der Waals surface area contributed by atoms with Crippen molar-refractivity contribution in [3.63, 3.8) is 0 Å². The summed E-state index contributed by atoms with van der Waals surface area (Å²) in [4.78, 5) is 10.5. The van der Waals surface area contributed by atoms with Crippen LogP contribution in [0.15, 0.2) is 24.3 Å². The molecule has 0 aliphatic rings. The summed E-state index contributed by atoms with van der Waals surface area (Å²) in [5.41, 5.74) is 6.49. The summed E-state index contributed by atoms with van der Waals surface area (Å²) in [6, 6.07) is 7.12. The number of nitrogens with two attached hydrogens (primary N) is 1. The predicted molar refractivity (Wildman–Crippen MR) is 55.0 cm³/mol. The normalized spacial score (nSPS) is 11.0. The van der Waals surface area contributed by atoms with E-state index in [9.17, 15) is 4.79 Å². The molecule has 0 saturated heterocycles. The molecule has 4 nitrogen and oxygen atoms in total. The molecule has 76 valence electrons. The summed E-state index contributed by atoms with van der Waals surface area (Å²) in [7, 11) is 0. The number of anilines is 1. The van der Waals surface area contributed by atoms with Crippen molar-refractivity contribution in [1.82, 2.24) is 5.32 Å². The van der Waals surface area contributed by atoms with Crippen LogP contribution in [0, 0.1) is 0 Å². The standard InChI is InChI=1S/C10H14N2O2/c1-10(2,12-9(13)14)7-3-5-8(11)6-4-7/h3-6,12H,11H2,1-2H3,(H,13,14). The van der Waals surface area contributed by atoms with Crippen LogP contribution in [0.5, 0.6) is 0 Å². The van der Waals surface area contributed by atoms with Crippen molar-refractivity contribution in [2.45, 2.75) is 19.4 Å². The number of amides is 1. The molecule has 0 bridgehead atoms. The first-order chi connectivity index (χ1) is 6.42. The van der Waals surface area contributed by atoms with Gasteiger partial charge in [0.25, 0.3) is 0 Å². The fourth-order valence-electron chi connectivity index (χ4n) is 1.24. The number of nitrogens with one attached hydrogen (secondary N) is 1. The lowest BCUT2D eigenvalue weighted by molar-refractivity contribution is 0.182. The van der Waals surface area contributed by atoms with Crippen LogP contribution in [0.2, 0.25) is 0 Å². The Morgan fingerprint density at radius 2 is 1.86 bits per heavy atom. The molecule has 4 N–H and O–H groups in total. The second-order valence-electron chi connectivity index (χ2n) is 3.68. The van der Waals surface area contributed by atoms with Gasteiger partial charge in [-0.1, -0.05) is 12.1 Å². The van der Waals surface area contributed by atoms with Crippen LogP contribution >= 0.6 is 0 Å². The largest absolute Gasteiger partial charge is 0.465 e. The maximum Gasteiger partial charge on any atom is 0.405 e. The Labute approximate surface area is 82.7 Å². The smallest absolute Gasteiger partial charge is 0.405 e. The molecule has 1 aromatic rings. The first-order valence-electron chi connectivity index (χ1n) is 4.29. The Hall–Kier alpha value is -1.71. The van der Waals surface area contributed by atoms with Gasteiger partial charge in [-0.3, -0.25) is 0 Å². The molecule has 14 heavy (non-hydrogen) atoms. The number of nitrogen functional groups attached to an aromatic ring is 1. The molecule has 4 heteroatoms. The third kappa shape index (κ3) is 2.39. The summed E-state index contributed by atoms with van der Waals surface area (Å²) < 4.78 is 0. The van der Waals surface area contributed by atoms with Crippen molar-refractivity contribution >= 4 is 11.8 Å². The van der Waals surface area contributed by atoms with Crippen molar-refractivity contribution in [2.24, 2.45) is 0 Å². The molecule has 0 aromatic heterocycles. The topological polar surface area (TPSA) is 75.3 Å². The van der Waals surface area contributed by atoms with Gasteiger partial charge >= 0.3 is 6.09 Å². The van der Waals surface area contributed by atoms with Gasteiger partial charge in [0.15, 0.2) is 0 Å². The zero-order valence-electron chi connectivity index (χ0n) is 8.24. The third-order valence-electron chi connectivity index (χ3n) is 2.05. The van der Waals surface area contributed by atoms with E-state index in [1.165, 1.54) is 0 Å². The van der Waals surface area contributed by atoms with Gasteiger partial charge in [-0.05, 0) is 31.5 Å². The highest BCUT2D eigenvalue weighted by molar-refractivity contribution is 5.66. The molecule has 0 atom stereocenters. The molecule has 0 unspecified atom stereocenters. The number of rotatable bonds is 2. The van der Waals surface area contributed by atoms with E-state index in [-0.39, 0.29) is 0 Å². The third-order valence-corrected chi connectivity index (χ3v) is 2.05. The van der Waals surface area contributed by atoms with Gasteiger partial charge in [-0.25, -0.2) is 4.79 Å². The monoisotopic (exact) mass is 194 g/mol. The van der Waals surface area contributed by atoms with Gasteiger partial charge in [-0.2, -0.15) is 0 Å². The molecular weight excluding hydrogens is 180 g/mol. The number of hydrogen-bond donors (Lipinski definition) is 3. The van der Waals surface area contributed by atoms with Gasteiger partial charge in [0.05, 0.1) is 5.54 Å². The van der Waals surface area contributed by atoms with Crippen LogP contribution < -0.4 is 11.1 Å². The lowest BCUT2D eigenvalue weighted by Gasteiger charge is -2.25.